The zero-order chi connectivity index (χ0) is 15.4. The Morgan fingerprint density at radius 1 is 1.27 bits per heavy atom. The maximum atomic E-state index is 12.1. The van der Waals surface area contributed by atoms with E-state index in [9.17, 15) is 4.79 Å². The first kappa shape index (κ1) is 15.3. The third-order valence-corrected chi connectivity index (χ3v) is 4.48. The van der Waals surface area contributed by atoms with Crippen molar-refractivity contribution in [1.82, 2.24) is 10.3 Å². The molecule has 1 heterocycles. The summed E-state index contributed by atoms with van der Waals surface area (Å²) in [4.78, 5) is 16.1. The summed E-state index contributed by atoms with van der Waals surface area (Å²) in [6.07, 6.45) is 7.82. The van der Waals surface area contributed by atoms with Gasteiger partial charge >= 0.3 is 0 Å². The smallest absolute Gasteiger partial charge is 0.238 e. The lowest BCUT2D eigenvalue weighted by atomic mass is 9.95. The van der Waals surface area contributed by atoms with E-state index in [0.29, 0.717) is 12.6 Å². The summed E-state index contributed by atoms with van der Waals surface area (Å²) >= 11 is 6.17. The Kier molecular flexibility index (Phi) is 4.90. The second-order valence-corrected chi connectivity index (χ2v) is 6.44. The number of halogens is 1. The van der Waals surface area contributed by atoms with Gasteiger partial charge in [-0.3, -0.25) is 9.78 Å². The summed E-state index contributed by atoms with van der Waals surface area (Å²) in [5.41, 5.74) is 0.810. The summed E-state index contributed by atoms with van der Waals surface area (Å²) in [6, 6.07) is 8.11. The number of nitrogens with zero attached hydrogens (tertiary/aromatic N) is 1. The van der Waals surface area contributed by atoms with Crippen LogP contribution in [-0.4, -0.2) is 28.9 Å². The second-order valence-electron chi connectivity index (χ2n) is 5.83. The molecule has 2 N–H and O–H groups in total. The van der Waals surface area contributed by atoms with Gasteiger partial charge in [-0.2, -0.15) is 0 Å². The number of hydrogen-bond donors (Lipinski definition) is 2. The molecule has 0 aliphatic heterocycles. The molecule has 2 atom stereocenters. The van der Waals surface area contributed by atoms with Gasteiger partial charge in [-0.1, -0.05) is 12.5 Å². The molecule has 4 nitrogen and oxygen atoms in total. The zero-order valence-electron chi connectivity index (χ0n) is 12.4. The van der Waals surface area contributed by atoms with E-state index < -0.39 is 0 Å². The molecule has 5 heteroatoms. The Morgan fingerprint density at radius 3 is 3.05 bits per heavy atom. The fourth-order valence-corrected chi connectivity index (χ4v) is 3.29. The number of anilines is 1. The highest BCUT2D eigenvalue weighted by atomic mass is 35.5. The van der Waals surface area contributed by atoms with Crippen molar-refractivity contribution in [2.75, 3.05) is 11.9 Å². The average Bonchev–Trinajstić information content (AvgIpc) is 2.53. The highest BCUT2D eigenvalue weighted by Gasteiger charge is 2.20. The normalized spacial score (nSPS) is 21.7. The minimum atomic E-state index is -0.0231. The minimum Gasteiger partial charge on any atom is -0.325 e. The fraction of sp³-hybridized carbons (Fsp3) is 0.412. The molecule has 0 bridgehead atoms. The number of nitrogens with one attached hydrogen (secondary N) is 2. The maximum absolute atomic E-state index is 12.1. The van der Waals surface area contributed by atoms with E-state index in [1.54, 1.807) is 6.20 Å². The SMILES string of the molecule is O=C(CNC1CCCC(Cl)C1)Nc1ccc2cnccc2c1. The van der Waals surface area contributed by atoms with Gasteiger partial charge in [0.15, 0.2) is 0 Å². The number of alkyl halides is 1. The van der Waals surface area contributed by atoms with Crippen LogP contribution in [0.15, 0.2) is 36.7 Å². The van der Waals surface area contributed by atoms with Gasteiger partial charge in [0.1, 0.15) is 0 Å². The molecule has 2 aromatic rings. The number of benzene rings is 1. The van der Waals surface area contributed by atoms with Gasteiger partial charge < -0.3 is 10.6 Å². The largest absolute Gasteiger partial charge is 0.325 e. The quantitative estimate of drug-likeness (QED) is 0.851. The van der Waals surface area contributed by atoms with E-state index >= 15 is 0 Å². The Bertz CT molecular complexity index is 661. The highest BCUT2D eigenvalue weighted by molar-refractivity contribution is 6.20. The van der Waals surface area contributed by atoms with E-state index in [4.69, 9.17) is 11.6 Å². The predicted octanol–water partition coefficient (Wildman–Crippen LogP) is 3.31. The lowest BCUT2D eigenvalue weighted by molar-refractivity contribution is -0.115. The average molecular weight is 318 g/mol. The molecule has 0 radical (unpaired) electrons. The number of fused-ring (bicyclic) bond motifs is 1. The van der Waals surface area contributed by atoms with Crippen molar-refractivity contribution in [2.45, 2.75) is 37.1 Å². The Balaban J connectivity index is 1.54. The monoisotopic (exact) mass is 317 g/mol. The molecule has 22 heavy (non-hydrogen) atoms. The van der Waals surface area contributed by atoms with Gasteiger partial charge in [0.05, 0.1) is 6.54 Å². The van der Waals surface area contributed by atoms with E-state index in [0.717, 1.165) is 42.1 Å². The molecule has 0 spiro atoms. The Hall–Kier alpha value is -1.65. The summed E-state index contributed by atoms with van der Waals surface area (Å²) in [5, 5.41) is 8.60. The van der Waals surface area contributed by atoms with Gasteiger partial charge in [0.25, 0.3) is 0 Å². The first-order valence-corrected chi connectivity index (χ1v) is 8.15. The standard InChI is InChI=1S/C17H20ClN3O/c18-14-2-1-3-15(9-14)20-11-17(22)21-16-5-4-13-10-19-7-6-12(13)8-16/h4-8,10,14-15,20H,1-3,9,11H2,(H,21,22). The summed E-state index contributed by atoms with van der Waals surface area (Å²) in [6.45, 7) is 0.322. The van der Waals surface area contributed by atoms with Crippen LogP contribution in [0.5, 0.6) is 0 Å². The van der Waals surface area contributed by atoms with E-state index in [1.165, 1.54) is 0 Å². The summed E-state index contributed by atoms with van der Waals surface area (Å²) < 4.78 is 0. The van der Waals surface area contributed by atoms with Gasteiger partial charge in [-0.05, 0) is 42.8 Å². The molecule has 1 aromatic carbocycles. The van der Waals surface area contributed by atoms with Crippen LogP contribution in [0.2, 0.25) is 0 Å². The topological polar surface area (TPSA) is 54.0 Å². The first-order chi connectivity index (χ1) is 10.7. The number of amides is 1. The van der Waals surface area contributed by atoms with E-state index in [1.807, 2.05) is 30.5 Å². The summed E-state index contributed by atoms with van der Waals surface area (Å²) in [5.74, 6) is -0.0231. The van der Waals surface area contributed by atoms with Crippen LogP contribution >= 0.6 is 11.6 Å². The molecule has 1 saturated carbocycles. The van der Waals surface area contributed by atoms with Gasteiger partial charge in [-0.25, -0.2) is 0 Å². The molecular weight excluding hydrogens is 298 g/mol. The molecule has 3 rings (SSSR count). The molecule has 1 amide bonds. The van der Waals surface area contributed by atoms with E-state index in [-0.39, 0.29) is 11.3 Å². The van der Waals surface area contributed by atoms with E-state index in [2.05, 4.69) is 15.6 Å². The minimum absolute atomic E-state index is 0.0231. The van der Waals surface area contributed by atoms with Crippen molar-refractivity contribution in [3.8, 4) is 0 Å². The fourth-order valence-electron chi connectivity index (χ4n) is 2.92. The molecule has 1 fully saturated rings. The van der Waals surface area contributed by atoms with Crippen LogP contribution in [0.4, 0.5) is 5.69 Å². The van der Waals surface area contributed by atoms with Crippen LogP contribution in [0, 0.1) is 0 Å². The molecular formula is C17H20ClN3O. The zero-order valence-corrected chi connectivity index (χ0v) is 13.1. The third kappa shape index (κ3) is 3.96. The molecule has 1 aliphatic rings. The second kappa shape index (κ2) is 7.07. The van der Waals surface area contributed by atoms with Gasteiger partial charge in [-0.15, -0.1) is 11.6 Å². The van der Waals surface area contributed by atoms with Gasteiger partial charge in [0.2, 0.25) is 5.91 Å². The van der Waals surface area contributed by atoms with Crippen molar-refractivity contribution in [2.24, 2.45) is 0 Å². The molecule has 0 saturated heterocycles. The van der Waals surface area contributed by atoms with Crippen molar-refractivity contribution in [3.63, 3.8) is 0 Å². The number of aromatic nitrogens is 1. The number of rotatable bonds is 4. The number of hydrogen-bond acceptors (Lipinski definition) is 3. The van der Waals surface area contributed by atoms with Crippen molar-refractivity contribution >= 4 is 34.0 Å². The maximum Gasteiger partial charge on any atom is 0.238 e. The summed E-state index contributed by atoms with van der Waals surface area (Å²) in [7, 11) is 0. The predicted molar refractivity (Wildman–Crippen MR) is 90.3 cm³/mol. The lowest BCUT2D eigenvalue weighted by Crippen LogP contribution is -2.39. The Labute approximate surface area is 135 Å². The van der Waals surface area contributed by atoms with Crippen LogP contribution in [0.25, 0.3) is 10.8 Å². The first-order valence-electron chi connectivity index (χ1n) is 7.72. The number of carbonyl (C=O) groups is 1. The van der Waals surface area contributed by atoms with Gasteiger partial charge in [0, 0.05) is 34.9 Å². The lowest BCUT2D eigenvalue weighted by Gasteiger charge is -2.26. The Morgan fingerprint density at radius 2 is 2.18 bits per heavy atom. The molecule has 2 unspecified atom stereocenters. The number of carbonyl (C=O) groups excluding carboxylic acids is 1. The van der Waals surface area contributed by atoms with Crippen molar-refractivity contribution in [1.29, 1.82) is 0 Å². The van der Waals surface area contributed by atoms with Crippen LogP contribution in [0.3, 0.4) is 0 Å². The number of pyridine rings is 1. The molecule has 1 aromatic heterocycles. The van der Waals surface area contributed by atoms with Crippen molar-refractivity contribution in [3.05, 3.63) is 36.7 Å². The third-order valence-electron chi connectivity index (χ3n) is 4.09. The van der Waals surface area contributed by atoms with Crippen molar-refractivity contribution < 1.29 is 4.79 Å². The molecule has 116 valence electrons. The van der Waals surface area contributed by atoms with Crippen LogP contribution in [-0.2, 0) is 4.79 Å². The highest BCUT2D eigenvalue weighted by Crippen LogP contribution is 2.22. The van der Waals surface area contributed by atoms with Crippen LogP contribution < -0.4 is 10.6 Å². The van der Waals surface area contributed by atoms with Crippen LogP contribution in [0.1, 0.15) is 25.7 Å². The molecule has 1 aliphatic carbocycles.